The molecule has 118 valence electrons. The van der Waals surface area contributed by atoms with E-state index in [-0.39, 0.29) is 12.1 Å². The number of hydrogen-bond acceptors (Lipinski definition) is 5. The fourth-order valence-electron chi connectivity index (χ4n) is 1.96. The largest absolute Gasteiger partial charge is 0.491 e. The second-order valence-electron chi connectivity index (χ2n) is 4.17. The van der Waals surface area contributed by atoms with Gasteiger partial charge in [-0.3, -0.25) is 0 Å². The summed E-state index contributed by atoms with van der Waals surface area (Å²) in [5, 5.41) is 0. The Morgan fingerprint density at radius 3 is 2.10 bits per heavy atom. The van der Waals surface area contributed by atoms with Gasteiger partial charge in [0.25, 0.3) is 0 Å². The summed E-state index contributed by atoms with van der Waals surface area (Å²) in [6, 6.07) is 6.48. The molecule has 0 fully saturated rings. The molecule has 0 amide bonds. The van der Waals surface area contributed by atoms with E-state index in [0.717, 1.165) is 18.6 Å². The Hall–Kier alpha value is -1.14. The zero-order chi connectivity index (χ0) is 16.1. The van der Waals surface area contributed by atoms with E-state index in [1.807, 2.05) is 19.9 Å². The molecule has 0 heterocycles. The summed E-state index contributed by atoms with van der Waals surface area (Å²) in [7, 11) is 4.50. The monoisotopic (exact) mass is 284 g/mol. The van der Waals surface area contributed by atoms with Crippen molar-refractivity contribution in [1.82, 2.24) is 0 Å². The highest BCUT2D eigenvalue weighted by Crippen LogP contribution is 2.32. The van der Waals surface area contributed by atoms with Crippen LogP contribution >= 0.6 is 0 Å². The molecule has 1 atom stereocenters. The van der Waals surface area contributed by atoms with Gasteiger partial charge in [0.05, 0.1) is 6.10 Å². The van der Waals surface area contributed by atoms with Crippen LogP contribution in [0.25, 0.3) is 0 Å². The normalized spacial score (nSPS) is 14.8. The fourth-order valence-corrected chi connectivity index (χ4v) is 1.96. The van der Waals surface area contributed by atoms with E-state index in [9.17, 15) is 0 Å². The van der Waals surface area contributed by atoms with Crippen molar-refractivity contribution in [2.24, 2.45) is 22.9 Å². The lowest BCUT2D eigenvalue weighted by atomic mass is 10.1. The predicted molar refractivity (Wildman–Crippen MR) is 87.8 cm³/mol. The average molecular weight is 284 g/mol. The van der Waals surface area contributed by atoms with Gasteiger partial charge in [-0.25, -0.2) is 0 Å². The van der Waals surface area contributed by atoms with Crippen molar-refractivity contribution in [2.75, 3.05) is 21.1 Å². The van der Waals surface area contributed by atoms with E-state index in [0.29, 0.717) is 0 Å². The third-order valence-corrected chi connectivity index (χ3v) is 2.61. The van der Waals surface area contributed by atoms with Crippen LogP contribution in [-0.4, -0.2) is 27.2 Å². The van der Waals surface area contributed by atoms with Crippen LogP contribution in [0.2, 0.25) is 0 Å². The number of nitrogens with two attached hydrogens (primary N) is 4. The molecule has 1 aromatic rings. The van der Waals surface area contributed by atoms with Crippen LogP contribution in [0, 0.1) is 0 Å². The molecular weight excluding hydrogens is 252 g/mol. The lowest BCUT2D eigenvalue weighted by molar-refractivity contribution is 0.242. The Morgan fingerprint density at radius 2 is 1.60 bits per heavy atom. The van der Waals surface area contributed by atoms with Crippen molar-refractivity contribution < 1.29 is 4.74 Å². The molecular formula is C15H32N4O. The van der Waals surface area contributed by atoms with Crippen LogP contribution in [0.1, 0.15) is 37.4 Å². The third-order valence-electron chi connectivity index (χ3n) is 2.61. The molecule has 2 rings (SSSR count). The molecule has 0 radical (unpaired) electrons. The first-order valence-corrected chi connectivity index (χ1v) is 6.95. The summed E-state index contributed by atoms with van der Waals surface area (Å²) in [5.74, 6) is 0.941. The van der Waals surface area contributed by atoms with Crippen molar-refractivity contribution in [1.29, 1.82) is 0 Å². The maximum absolute atomic E-state index is 5.99. The lowest BCUT2D eigenvalue weighted by Crippen LogP contribution is -2.08. The molecule has 1 aliphatic carbocycles. The Bertz CT molecular complexity index is 343. The van der Waals surface area contributed by atoms with Crippen LogP contribution in [-0.2, 0) is 6.42 Å². The van der Waals surface area contributed by atoms with Crippen LogP contribution in [0.15, 0.2) is 18.2 Å². The van der Waals surface area contributed by atoms with Gasteiger partial charge < -0.3 is 27.7 Å². The molecule has 0 saturated carbocycles. The van der Waals surface area contributed by atoms with Gasteiger partial charge in [0, 0.05) is 6.04 Å². The minimum atomic E-state index is 0.209. The smallest absolute Gasteiger partial charge is 0.120 e. The van der Waals surface area contributed by atoms with Crippen molar-refractivity contribution in [3.05, 3.63) is 29.3 Å². The van der Waals surface area contributed by atoms with E-state index in [2.05, 4.69) is 29.3 Å². The number of rotatable bonds is 2. The van der Waals surface area contributed by atoms with Crippen molar-refractivity contribution in [3.63, 3.8) is 0 Å². The number of fused-ring (bicyclic) bond motifs is 1. The molecule has 0 aromatic heterocycles. The molecule has 20 heavy (non-hydrogen) atoms. The second kappa shape index (κ2) is 12.9. The second-order valence-corrected chi connectivity index (χ2v) is 4.17. The summed E-state index contributed by atoms with van der Waals surface area (Å²) in [6.07, 6.45) is 2.41. The molecule has 1 unspecified atom stereocenters. The molecule has 1 aromatic carbocycles. The van der Waals surface area contributed by atoms with E-state index in [4.69, 9.17) is 10.5 Å². The SMILES string of the molecule is CC(C)Oc1ccc2c(c1)C(N)CC2.CN.CN.CN. The Balaban J connectivity index is 0. The van der Waals surface area contributed by atoms with E-state index in [1.54, 1.807) is 0 Å². The quantitative estimate of drug-likeness (QED) is 0.650. The van der Waals surface area contributed by atoms with Gasteiger partial charge in [0.1, 0.15) is 5.75 Å². The first kappa shape index (κ1) is 21.2. The van der Waals surface area contributed by atoms with Crippen molar-refractivity contribution >= 4 is 0 Å². The molecule has 0 saturated heterocycles. The molecule has 5 nitrogen and oxygen atoms in total. The van der Waals surface area contributed by atoms with Crippen molar-refractivity contribution in [2.45, 2.75) is 38.8 Å². The predicted octanol–water partition coefficient (Wildman–Crippen LogP) is 1.14. The van der Waals surface area contributed by atoms with Crippen LogP contribution < -0.4 is 27.7 Å². The Kier molecular flexibility index (Phi) is 13.6. The molecule has 5 heteroatoms. The minimum absolute atomic E-state index is 0.209. The van der Waals surface area contributed by atoms with Gasteiger partial charge >= 0.3 is 0 Å². The number of benzene rings is 1. The summed E-state index contributed by atoms with van der Waals surface area (Å²) in [6.45, 7) is 4.07. The van der Waals surface area contributed by atoms with Gasteiger partial charge in [-0.05, 0) is 71.1 Å². The number of aryl methyl sites for hydroxylation is 1. The Morgan fingerprint density at radius 1 is 1.05 bits per heavy atom. The zero-order valence-corrected chi connectivity index (χ0v) is 13.5. The van der Waals surface area contributed by atoms with Gasteiger partial charge in [0.2, 0.25) is 0 Å². The van der Waals surface area contributed by atoms with Gasteiger partial charge in [-0.2, -0.15) is 0 Å². The van der Waals surface area contributed by atoms with Crippen LogP contribution in [0.4, 0.5) is 0 Å². The summed E-state index contributed by atoms with van der Waals surface area (Å²) >= 11 is 0. The topological polar surface area (TPSA) is 113 Å². The molecule has 0 bridgehead atoms. The molecule has 1 aliphatic rings. The minimum Gasteiger partial charge on any atom is -0.491 e. The molecule has 0 spiro atoms. The molecule has 8 N–H and O–H groups in total. The highest BCUT2D eigenvalue weighted by Gasteiger charge is 2.19. The maximum Gasteiger partial charge on any atom is 0.120 e. The standard InChI is InChI=1S/C12H17NO.3CH5N/c1-8(2)14-10-5-3-9-4-6-12(13)11(9)7-10;3*1-2/h3,5,7-8,12H,4,6,13H2,1-2H3;3*2H2,1H3. The summed E-state index contributed by atoms with van der Waals surface area (Å²) in [5.41, 5.74) is 22.1. The summed E-state index contributed by atoms with van der Waals surface area (Å²) in [4.78, 5) is 0. The summed E-state index contributed by atoms with van der Waals surface area (Å²) < 4.78 is 5.63. The van der Waals surface area contributed by atoms with E-state index < -0.39 is 0 Å². The number of hydrogen-bond donors (Lipinski definition) is 4. The van der Waals surface area contributed by atoms with Gasteiger partial charge in [0.15, 0.2) is 0 Å². The fraction of sp³-hybridized carbons (Fsp3) is 0.600. The first-order chi connectivity index (χ1) is 9.66. The highest BCUT2D eigenvalue weighted by atomic mass is 16.5. The maximum atomic E-state index is 5.99. The van der Waals surface area contributed by atoms with Gasteiger partial charge in [-0.15, -0.1) is 0 Å². The average Bonchev–Trinajstić information content (AvgIpc) is 2.86. The lowest BCUT2D eigenvalue weighted by Gasteiger charge is -2.12. The van der Waals surface area contributed by atoms with E-state index >= 15 is 0 Å². The Labute approximate surface area is 123 Å². The van der Waals surface area contributed by atoms with Gasteiger partial charge in [-0.1, -0.05) is 6.07 Å². The van der Waals surface area contributed by atoms with Crippen LogP contribution in [0.5, 0.6) is 5.75 Å². The zero-order valence-electron chi connectivity index (χ0n) is 13.5. The first-order valence-electron chi connectivity index (χ1n) is 6.95. The third kappa shape index (κ3) is 6.86. The van der Waals surface area contributed by atoms with Crippen LogP contribution in [0.3, 0.4) is 0 Å². The highest BCUT2D eigenvalue weighted by molar-refractivity contribution is 5.40. The molecule has 0 aliphatic heterocycles. The van der Waals surface area contributed by atoms with E-state index in [1.165, 1.54) is 32.3 Å². The number of ether oxygens (including phenoxy) is 1. The van der Waals surface area contributed by atoms with Crippen molar-refractivity contribution in [3.8, 4) is 5.75 Å².